The number of rotatable bonds is 4. The molecule has 4 rings (SSSR count). The van der Waals surface area contributed by atoms with Crippen molar-refractivity contribution in [2.24, 2.45) is 5.84 Å². The summed E-state index contributed by atoms with van der Waals surface area (Å²) < 4.78 is 27.7. The Morgan fingerprint density at radius 2 is 1.72 bits per heavy atom. The molecule has 3 aromatic rings. The van der Waals surface area contributed by atoms with Gasteiger partial charge in [-0.15, -0.1) is 0 Å². The van der Waals surface area contributed by atoms with Crippen LogP contribution < -0.4 is 21.5 Å². The first-order valence-electron chi connectivity index (χ1n) is 9.37. The highest BCUT2D eigenvalue weighted by atomic mass is 19.1. The zero-order valence-corrected chi connectivity index (χ0v) is 15.7. The number of nitrogens with zero attached hydrogens (tertiary/aromatic N) is 2. The van der Waals surface area contributed by atoms with Crippen LogP contribution in [0, 0.1) is 11.6 Å². The van der Waals surface area contributed by atoms with Crippen LogP contribution in [-0.2, 0) is 0 Å². The fraction of sp³-hybridized carbons (Fsp3) is 0.182. The monoisotopic (exact) mass is 396 g/mol. The Hall–Kier alpha value is -3.32. The zero-order chi connectivity index (χ0) is 20.5. The number of nitrogens with two attached hydrogens (primary N) is 2. The largest absolute Gasteiger partial charge is 0.503 e. The Morgan fingerprint density at radius 3 is 2.41 bits per heavy atom. The summed E-state index contributed by atoms with van der Waals surface area (Å²) in [4.78, 5) is 2.29. The van der Waals surface area contributed by atoms with Crippen LogP contribution >= 0.6 is 0 Å². The molecule has 1 aliphatic heterocycles. The molecule has 1 heterocycles. The fourth-order valence-corrected chi connectivity index (χ4v) is 3.81. The van der Waals surface area contributed by atoms with E-state index in [4.69, 9.17) is 11.6 Å². The van der Waals surface area contributed by atoms with Gasteiger partial charge in [0.05, 0.1) is 11.4 Å². The molecule has 5 nitrogen and oxygen atoms in total. The summed E-state index contributed by atoms with van der Waals surface area (Å²) in [6, 6.07) is 18.6. The van der Waals surface area contributed by atoms with Gasteiger partial charge in [-0.3, -0.25) is 5.01 Å². The zero-order valence-electron chi connectivity index (χ0n) is 15.7. The third-order valence-corrected chi connectivity index (χ3v) is 5.39. The van der Waals surface area contributed by atoms with Crippen molar-refractivity contribution in [2.45, 2.75) is 12.3 Å². The van der Waals surface area contributed by atoms with E-state index in [1.807, 2.05) is 18.2 Å². The number of anilines is 4. The summed E-state index contributed by atoms with van der Waals surface area (Å²) in [6.07, 6.45) is 1.07. The molecule has 0 bridgehead atoms. The molecule has 1 aliphatic rings. The minimum absolute atomic E-state index is 0.199. The Labute approximate surface area is 167 Å². The van der Waals surface area contributed by atoms with Crippen LogP contribution in [0.2, 0.25) is 0 Å². The van der Waals surface area contributed by atoms with E-state index in [9.17, 15) is 13.9 Å². The highest BCUT2D eigenvalue weighted by molar-refractivity contribution is 5.76. The van der Waals surface area contributed by atoms with Crippen LogP contribution in [0.1, 0.15) is 17.9 Å². The van der Waals surface area contributed by atoms with Crippen LogP contribution in [0.25, 0.3) is 0 Å². The molecule has 150 valence electrons. The summed E-state index contributed by atoms with van der Waals surface area (Å²) >= 11 is 0. The molecule has 0 amide bonds. The number of phenolic OH excluding ortho intramolecular Hbond substituents is 1. The van der Waals surface area contributed by atoms with Crippen LogP contribution in [0.5, 0.6) is 5.75 Å². The molecule has 0 spiro atoms. The third kappa shape index (κ3) is 3.56. The SMILES string of the molecule is Nc1cc(F)c(O)c(F)c1N(N)c1ccc(N2CCC(c3ccccc3)C2)cc1. The maximum atomic E-state index is 14.3. The Balaban J connectivity index is 1.52. The first-order chi connectivity index (χ1) is 14.0. The van der Waals surface area contributed by atoms with E-state index in [2.05, 4.69) is 29.2 Å². The van der Waals surface area contributed by atoms with Crippen LogP contribution in [0.15, 0.2) is 60.7 Å². The summed E-state index contributed by atoms with van der Waals surface area (Å²) in [5, 5.41) is 10.5. The van der Waals surface area contributed by atoms with Gasteiger partial charge in [0.25, 0.3) is 0 Å². The van der Waals surface area contributed by atoms with Crippen LogP contribution in [-0.4, -0.2) is 18.2 Å². The number of hydrogen-bond donors (Lipinski definition) is 3. The predicted molar refractivity (Wildman–Crippen MR) is 111 cm³/mol. The van der Waals surface area contributed by atoms with Gasteiger partial charge >= 0.3 is 0 Å². The predicted octanol–water partition coefficient (Wildman–Crippen LogP) is 4.26. The minimum atomic E-state index is -1.20. The molecule has 1 fully saturated rings. The Bertz CT molecular complexity index is 1010. The molecule has 1 unspecified atom stereocenters. The lowest BCUT2D eigenvalue weighted by Gasteiger charge is -2.23. The van der Waals surface area contributed by atoms with Gasteiger partial charge in [-0.25, -0.2) is 14.6 Å². The van der Waals surface area contributed by atoms with E-state index in [1.165, 1.54) is 5.56 Å². The van der Waals surface area contributed by atoms with Gasteiger partial charge in [-0.2, -0.15) is 0 Å². The van der Waals surface area contributed by atoms with Crippen molar-refractivity contribution in [1.82, 2.24) is 0 Å². The molecule has 0 aromatic heterocycles. The van der Waals surface area contributed by atoms with E-state index in [0.29, 0.717) is 11.6 Å². The molecular formula is C22H22F2N4O. The summed E-state index contributed by atoms with van der Waals surface area (Å²) in [7, 11) is 0. The number of phenols is 1. The molecule has 1 saturated heterocycles. The van der Waals surface area contributed by atoms with E-state index >= 15 is 0 Å². The lowest BCUT2D eigenvalue weighted by molar-refractivity contribution is 0.397. The number of nitrogen functional groups attached to an aromatic ring is 1. The topological polar surface area (TPSA) is 78.8 Å². The average molecular weight is 396 g/mol. The smallest absolute Gasteiger partial charge is 0.195 e. The van der Waals surface area contributed by atoms with Gasteiger partial charge in [0, 0.05) is 30.8 Å². The molecule has 3 aromatic carbocycles. The van der Waals surface area contributed by atoms with Gasteiger partial charge in [-0.05, 0) is 36.2 Å². The van der Waals surface area contributed by atoms with Gasteiger partial charge in [0.15, 0.2) is 17.4 Å². The summed E-state index contributed by atoms with van der Waals surface area (Å²) in [5.41, 5.74) is 8.07. The Kier molecular flexibility index (Phi) is 4.98. The first kappa shape index (κ1) is 19.0. The molecule has 0 radical (unpaired) electrons. The minimum Gasteiger partial charge on any atom is -0.503 e. The van der Waals surface area contributed by atoms with E-state index in [-0.39, 0.29) is 11.4 Å². The van der Waals surface area contributed by atoms with Crippen molar-refractivity contribution in [3.8, 4) is 5.75 Å². The molecule has 0 aliphatic carbocycles. The normalized spacial score (nSPS) is 16.2. The van der Waals surface area contributed by atoms with Gasteiger partial charge in [0.1, 0.15) is 5.69 Å². The second kappa shape index (κ2) is 7.60. The lowest BCUT2D eigenvalue weighted by Crippen LogP contribution is -2.27. The third-order valence-electron chi connectivity index (χ3n) is 5.39. The molecule has 1 atom stereocenters. The fourth-order valence-electron chi connectivity index (χ4n) is 3.81. The lowest BCUT2D eigenvalue weighted by atomic mass is 9.99. The number of hydrazine groups is 1. The van der Waals surface area contributed by atoms with Crippen molar-refractivity contribution in [3.05, 3.63) is 77.9 Å². The second-order valence-corrected chi connectivity index (χ2v) is 7.19. The van der Waals surface area contributed by atoms with Crippen molar-refractivity contribution >= 4 is 22.7 Å². The van der Waals surface area contributed by atoms with Gasteiger partial charge < -0.3 is 15.7 Å². The van der Waals surface area contributed by atoms with Gasteiger partial charge in [0.2, 0.25) is 0 Å². The molecular weight excluding hydrogens is 374 g/mol. The highest BCUT2D eigenvalue weighted by Crippen LogP contribution is 2.38. The second-order valence-electron chi connectivity index (χ2n) is 7.19. The standard InChI is InChI=1S/C22H22F2N4O/c23-18-12-19(25)21(20(24)22(18)29)28(26)17-8-6-16(7-9-17)27-11-10-15(13-27)14-4-2-1-3-5-14/h1-9,12,15,29H,10-11,13,25-26H2. The molecule has 29 heavy (non-hydrogen) atoms. The first-order valence-corrected chi connectivity index (χ1v) is 9.37. The van der Waals surface area contributed by atoms with E-state index in [0.717, 1.165) is 36.3 Å². The van der Waals surface area contributed by atoms with Crippen molar-refractivity contribution in [1.29, 1.82) is 0 Å². The quantitative estimate of drug-likeness (QED) is 0.266. The van der Waals surface area contributed by atoms with Crippen LogP contribution in [0.3, 0.4) is 0 Å². The molecule has 0 saturated carbocycles. The molecule has 7 heteroatoms. The van der Waals surface area contributed by atoms with Crippen molar-refractivity contribution < 1.29 is 13.9 Å². The van der Waals surface area contributed by atoms with Gasteiger partial charge in [-0.1, -0.05) is 30.3 Å². The number of halogens is 2. The number of aromatic hydroxyl groups is 1. The maximum absolute atomic E-state index is 14.3. The van der Waals surface area contributed by atoms with Crippen LogP contribution in [0.4, 0.5) is 31.5 Å². The van der Waals surface area contributed by atoms with E-state index < -0.39 is 17.4 Å². The van der Waals surface area contributed by atoms with Crippen molar-refractivity contribution in [3.63, 3.8) is 0 Å². The highest BCUT2D eigenvalue weighted by Gasteiger charge is 2.25. The number of hydrogen-bond acceptors (Lipinski definition) is 5. The summed E-state index contributed by atoms with van der Waals surface area (Å²) in [6.45, 7) is 1.86. The van der Waals surface area contributed by atoms with Crippen molar-refractivity contribution in [2.75, 3.05) is 28.7 Å². The van der Waals surface area contributed by atoms with E-state index in [1.54, 1.807) is 12.1 Å². The molecule has 5 N–H and O–H groups in total. The maximum Gasteiger partial charge on any atom is 0.195 e. The summed E-state index contributed by atoms with van der Waals surface area (Å²) in [5.74, 6) is 3.06. The Morgan fingerprint density at radius 1 is 1.03 bits per heavy atom. The average Bonchev–Trinajstić information content (AvgIpc) is 3.23. The number of benzene rings is 3.